The van der Waals surface area contributed by atoms with Crippen molar-refractivity contribution in [2.24, 2.45) is 15.3 Å². The molecule has 0 atom stereocenters. The minimum atomic E-state index is -0.614. The predicted octanol–water partition coefficient (Wildman–Crippen LogP) is 5.11. The SMILES string of the molecule is COc1ccc2nc(N=N/C(=N/NC(=O)c3ccc([N+](=O)[O-])cc3)c3cc(OC)c(OC)c(OC)c3)sc2c1. The first-order chi connectivity index (χ1) is 18.9. The van der Waals surface area contributed by atoms with Gasteiger partial charge in [0.25, 0.3) is 11.6 Å². The third-order valence-corrected chi connectivity index (χ3v) is 6.24. The second-order valence-corrected chi connectivity index (χ2v) is 8.63. The molecule has 0 saturated heterocycles. The Labute approximate surface area is 225 Å². The smallest absolute Gasteiger partial charge is 0.271 e. The van der Waals surface area contributed by atoms with E-state index < -0.39 is 10.8 Å². The molecule has 0 aliphatic rings. The van der Waals surface area contributed by atoms with E-state index in [9.17, 15) is 14.9 Å². The Balaban J connectivity index is 1.71. The third-order valence-electron chi connectivity index (χ3n) is 5.34. The first-order valence-corrected chi connectivity index (χ1v) is 12.0. The number of amides is 1. The number of carbonyl (C=O) groups is 1. The lowest BCUT2D eigenvalue weighted by atomic mass is 10.1. The van der Waals surface area contributed by atoms with Crippen molar-refractivity contribution in [3.63, 3.8) is 0 Å². The number of ether oxygens (including phenoxy) is 4. The van der Waals surface area contributed by atoms with Crippen LogP contribution in [0, 0.1) is 10.1 Å². The number of methoxy groups -OCH3 is 4. The lowest BCUT2D eigenvalue weighted by Gasteiger charge is -2.13. The highest BCUT2D eigenvalue weighted by molar-refractivity contribution is 7.21. The molecule has 0 unspecified atom stereocenters. The van der Waals surface area contributed by atoms with Gasteiger partial charge in [0.15, 0.2) is 11.5 Å². The molecule has 3 aromatic carbocycles. The molecule has 1 amide bonds. The van der Waals surface area contributed by atoms with Gasteiger partial charge in [0, 0.05) is 23.3 Å². The summed E-state index contributed by atoms with van der Waals surface area (Å²) in [7, 11) is 5.98. The Morgan fingerprint density at radius 2 is 1.62 bits per heavy atom. The van der Waals surface area contributed by atoms with Crippen LogP contribution in [0.3, 0.4) is 0 Å². The molecule has 0 saturated carbocycles. The number of rotatable bonds is 9. The summed E-state index contributed by atoms with van der Waals surface area (Å²) in [6, 6.07) is 13.7. The van der Waals surface area contributed by atoms with Gasteiger partial charge >= 0.3 is 0 Å². The molecule has 39 heavy (non-hydrogen) atoms. The van der Waals surface area contributed by atoms with Crippen LogP contribution in [-0.2, 0) is 0 Å². The van der Waals surface area contributed by atoms with Crippen LogP contribution in [-0.4, -0.2) is 50.1 Å². The molecule has 0 aliphatic heterocycles. The molecule has 200 valence electrons. The highest BCUT2D eigenvalue weighted by Gasteiger charge is 2.17. The number of hydrogen-bond donors (Lipinski definition) is 1. The van der Waals surface area contributed by atoms with E-state index in [1.54, 1.807) is 25.3 Å². The molecule has 1 N–H and O–H groups in total. The quantitative estimate of drug-likeness (QED) is 0.0989. The second kappa shape index (κ2) is 12.0. The highest BCUT2D eigenvalue weighted by atomic mass is 32.1. The van der Waals surface area contributed by atoms with Gasteiger partial charge in [-0.1, -0.05) is 11.3 Å². The molecule has 1 aromatic heterocycles. The van der Waals surface area contributed by atoms with Gasteiger partial charge in [0.05, 0.1) is 43.6 Å². The van der Waals surface area contributed by atoms with Crippen LogP contribution in [0.4, 0.5) is 10.8 Å². The Kier molecular flexibility index (Phi) is 8.26. The van der Waals surface area contributed by atoms with Gasteiger partial charge in [0.1, 0.15) is 5.75 Å². The minimum Gasteiger partial charge on any atom is -0.497 e. The van der Waals surface area contributed by atoms with Gasteiger partial charge < -0.3 is 18.9 Å². The highest BCUT2D eigenvalue weighted by Crippen LogP contribution is 2.38. The lowest BCUT2D eigenvalue weighted by Crippen LogP contribution is -2.19. The molecule has 4 rings (SSSR count). The molecule has 0 bridgehead atoms. The van der Waals surface area contributed by atoms with Crippen LogP contribution >= 0.6 is 11.3 Å². The summed E-state index contributed by atoms with van der Waals surface area (Å²) in [4.78, 5) is 27.5. The number of aromatic nitrogens is 1. The van der Waals surface area contributed by atoms with Crippen molar-refractivity contribution in [2.45, 2.75) is 0 Å². The number of thiazole rings is 1. The molecule has 0 radical (unpaired) electrons. The van der Waals surface area contributed by atoms with E-state index in [1.165, 1.54) is 56.9 Å². The molecule has 13 nitrogen and oxygen atoms in total. The number of benzene rings is 3. The van der Waals surface area contributed by atoms with E-state index in [2.05, 4.69) is 25.7 Å². The van der Waals surface area contributed by atoms with Gasteiger partial charge in [-0.15, -0.1) is 15.3 Å². The van der Waals surface area contributed by atoms with Crippen LogP contribution in [0.25, 0.3) is 10.2 Å². The van der Waals surface area contributed by atoms with Crippen LogP contribution in [0.2, 0.25) is 0 Å². The zero-order valence-electron chi connectivity index (χ0n) is 21.2. The monoisotopic (exact) mass is 550 g/mol. The van der Waals surface area contributed by atoms with Gasteiger partial charge in [0.2, 0.25) is 16.7 Å². The Morgan fingerprint density at radius 1 is 0.923 bits per heavy atom. The number of amidine groups is 1. The number of azo groups is 1. The number of carbonyl (C=O) groups excluding carboxylic acids is 1. The van der Waals surface area contributed by atoms with Crippen LogP contribution in [0.5, 0.6) is 23.0 Å². The average molecular weight is 551 g/mol. The van der Waals surface area contributed by atoms with Gasteiger partial charge in [-0.2, -0.15) is 0 Å². The molecule has 4 aromatic rings. The van der Waals surface area contributed by atoms with Crippen molar-refractivity contribution in [1.82, 2.24) is 10.4 Å². The average Bonchev–Trinajstić information content (AvgIpc) is 3.38. The number of hydrazone groups is 1. The van der Waals surface area contributed by atoms with Crippen molar-refractivity contribution in [2.75, 3.05) is 28.4 Å². The number of nitro benzene ring substituents is 1. The van der Waals surface area contributed by atoms with Crippen molar-refractivity contribution < 1.29 is 28.7 Å². The maximum absolute atomic E-state index is 12.7. The molecule has 1 heterocycles. The summed E-state index contributed by atoms with van der Waals surface area (Å²) < 4.78 is 22.3. The van der Waals surface area contributed by atoms with E-state index in [4.69, 9.17) is 18.9 Å². The van der Waals surface area contributed by atoms with Crippen molar-refractivity contribution in [1.29, 1.82) is 0 Å². The summed E-state index contributed by atoms with van der Waals surface area (Å²) >= 11 is 1.29. The second-order valence-electron chi connectivity index (χ2n) is 7.62. The number of nitrogens with zero attached hydrogens (tertiary/aromatic N) is 5. The van der Waals surface area contributed by atoms with E-state index in [0.717, 1.165) is 4.70 Å². The number of fused-ring (bicyclic) bond motifs is 1. The van der Waals surface area contributed by atoms with E-state index >= 15 is 0 Å². The fourth-order valence-electron chi connectivity index (χ4n) is 3.41. The Morgan fingerprint density at radius 3 is 2.21 bits per heavy atom. The maximum Gasteiger partial charge on any atom is 0.271 e. The largest absolute Gasteiger partial charge is 0.497 e. The van der Waals surface area contributed by atoms with Crippen LogP contribution < -0.4 is 24.4 Å². The predicted molar refractivity (Wildman–Crippen MR) is 144 cm³/mol. The Hall–Kier alpha value is -5.11. The molecule has 0 fully saturated rings. The normalized spacial score (nSPS) is 11.4. The molecule has 0 spiro atoms. The summed E-state index contributed by atoms with van der Waals surface area (Å²) in [6.45, 7) is 0. The number of nitro groups is 1. The fourth-order valence-corrected chi connectivity index (χ4v) is 4.23. The minimum absolute atomic E-state index is 0.00125. The number of nitrogens with one attached hydrogen (secondary N) is 1. The van der Waals surface area contributed by atoms with E-state index in [1.807, 2.05) is 12.1 Å². The lowest BCUT2D eigenvalue weighted by molar-refractivity contribution is -0.384. The summed E-state index contributed by atoms with van der Waals surface area (Å²) in [5.74, 6) is 1.10. The summed E-state index contributed by atoms with van der Waals surface area (Å²) in [5, 5.41) is 23.9. The number of hydrogen-bond acceptors (Lipinski definition) is 11. The maximum atomic E-state index is 12.7. The van der Waals surface area contributed by atoms with Crippen LogP contribution in [0.1, 0.15) is 15.9 Å². The van der Waals surface area contributed by atoms with E-state index in [-0.39, 0.29) is 17.1 Å². The van der Waals surface area contributed by atoms with Crippen molar-refractivity contribution in [3.05, 3.63) is 75.8 Å². The first-order valence-electron chi connectivity index (χ1n) is 11.2. The van der Waals surface area contributed by atoms with Gasteiger partial charge in [-0.25, -0.2) is 10.4 Å². The first kappa shape index (κ1) is 26.9. The zero-order valence-corrected chi connectivity index (χ0v) is 22.0. The molecular formula is C25H22N6O7S. The van der Waals surface area contributed by atoms with Gasteiger partial charge in [-0.05, 0) is 42.5 Å². The molecule has 14 heteroatoms. The fraction of sp³-hybridized carbons (Fsp3) is 0.160. The topological polar surface area (TPSA) is 159 Å². The standard InChI is InChI=1S/C25H22N6O7S/c1-35-17-9-10-18-21(13-17)39-25(26-18)30-28-23(15-11-19(36-2)22(38-4)20(12-15)37-3)27-29-24(32)14-5-7-16(8-6-14)31(33)34/h5-13H,1-4H3,(H,29,32)/b27-23+,30-28?. The van der Waals surface area contributed by atoms with Gasteiger partial charge in [-0.3, -0.25) is 14.9 Å². The van der Waals surface area contributed by atoms with Crippen LogP contribution in [0.15, 0.2) is 69.9 Å². The number of non-ortho nitro benzene ring substituents is 1. The Bertz CT molecular complexity index is 1560. The molecular weight excluding hydrogens is 528 g/mol. The van der Waals surface area contributed by atoms with Crippen molar-refractivity contribution in [3.8, 4) is 23.0 Å². The summed E-state index contributed by atoms with van der Waals surface area (Å²) in [6.07, 6.45) is 0. The van der Waals surface area contributed by atoms with E-state index in [0.29, 0.717) is 39.2 Å². The van der Waals surface area contributed by atoms with Crippen molar-refractivity contribution >= 4 is 44.1 Å². The molecule has 0 aliphatic carbocycles. The third kappa shape index (κ3) is 6.07. The summed E-state index contributed by atoms with van der Waals surface area (Å²) in [5.41, 5.74) is 3.53. The zero-order chi connectivity index (χ0) is 27.9.